The van der Waals surface area contributed by atoms with Crippen LogP contribution in [0.15, 0.2) is 102 Å². The summed E-state index contributed by atoms with van der Waals surface area (Å²) in [5.74, 6) is -2.63. The number of carboxylic acid groups (broad SMARTS) is 1. The van der Waals surface area contributed by atoms with Crippen LogP contribution in [0.4, 0.5) is 22.7 Å². The second-order valence-corrected chi connectivity index (χ2v) is 11.6. The average Bonchev–Trinajstić information content (AvgIpc) is 3.51. The molecule has 61 heavy (non-hydrogen) atoms. The van der Waals surface area contributed by atoms with E-state index in [-0.39, 0.29) is 60.6 Å². The molecule has 9 N–H and O–H groups in total. The lowest BCUT2D eigenvalue weighted by molar-refractivity contribution is -0.385. The highest BCUT2D eigenvalue weighted by Gasteiger charge is 2.36. The van der Waals surface area contributed by atoms with E-state index in [1.165, 1.54) is 48.5 Å². The van der Waals surface area contributed by atoms with Gasteiger partial charge in [0.2, 0.25) is 0 Å². The average molecular weight is 845 g/mol. The van der Waals surface area contributed by atoms with Crippen LogP contribution in [-0.4, -0.2) is 68.4 Å². The van der Waals surface area contributed by atoms with Crippen molar-refractivity contribution in [3.63, 3.8) is 0 Å². The number of carbonyl (C=O) groups is 3. The number of aliphatic carboxylic acids is 1. The molecule has 0 unspecified atom stereocenters. The lowest BCUT2D eigenvalue weighted by Crippen LogP contribution is -2.19. The van der Waals surface area contributed by atoms with Crippen LogP contribution >= 0.6 is 0 Å². The molecule has 0 bridgehead atoms. The van der Waals surface area contributed by atoms with E-state index in [1.807, 2.05) is 10.2 Å². The van der Waals surface area contributed by atoms with Crippen LogP contribution < -0.4 is 39.1 Å². The summed E-state index contributed by atoms with van der Waals surface area (Å²) < 4.78 is 4.24. The lowest BCUT2D eigenvalue weighted by Gasteiger charge is -1.97. The number of esters is 2. The van der Waals surface area contributed by atoms with Crippen molar-refractivity contribution in [1.82, 2.24) is 30.6 Å². The van der Waals surface area contributed by atoms with Crippen LogP contribution in [0.2, 0.25) is 0 Å². The van der Waals surface area contributed by atoms with Gasteiger partial charge in [-0.3, -0.25) is 94.5 Å². The van der Waals surface area contributed by atoms with E-state index in [2.05, 4.69) is 25.1 Å². The van der Waals surface area contributed by atoms with Gasteiger partial charge >= 0.3 is 11.9 Å². The monoisotopic (exact) mass is 844 g/mol. The minimum absolute atomic E-state index is 0.00736. The van der Waals surface area contributed by atoms with Crippen molar-refractivity contribution in [2.45, 2.75) is 6.92 Å². The van der Waals surface area contributed by atoms with Gasteiger partial charge in [-0.2, -0.15) is 0 Å². The van der Waals surface area contributed by atoms with E-state index < -0.39 is 60.6 Å². The largest absolute Gasteiger partial charge is 0.481 e. The first-order chi connectivity index (χ1) is 28.8. The van der Waals surface area contributed by atoms with Crippen molar-refractivity contribution in [2.24, 2.45) is 0 Å². The Morgan fingerprint density at radius 3 is 1.25 bits per heavy atom. The number of nitrogen functional groups attached to an aromatic ring is 1. The number of anilines is 1. The molecular weight excluding hydrogens is 820 g/mol. The molecule has 312 valence electrons. The first-order valence-electron chi connectivity index (χ1n) is 16.2. The number of H-pyrrole nitrogens is 6. The number of carbonyl (C=O) groups excluding carboxylic acids is 2. The molecule has 0 atom stereocenters. The van der Waals surface area contributed by atoms with Gasteiger partial charge in [0.25, 0.3) is 56.4 Å². The molecule has 0 saturated carbocycles. The molecule has 0 saturated heterocycles. The Balaban J connectivity index is 0.000000174. The van der Waals surface area contributed by atoms with E-state index in [0.29, 0.717) is 11.1 Å². The van der Waals surface area contributed by atoms with E-state index in [1.54, 1.807) is 18.2 Å². The Bertz CT molecular complexity index is 3180. The number of ether oxygens (including phenoxy) is 1. The minimum Gasteiger partial charge on any atom is -0.481 e. The molecule has 27 heteroatoms. The maximum absolute atomic E-state index is 11.3. The second kappa shape index (κ2) is 18.5. The number of hydrogen-bond donors (Lipinski definition) is 8. The summed E-state index contributed by atoms with van der Waals surface area (Å²) in [5, 5.41) is 52.0. The van der Waals surface area contributed by atoms with Crippen molar-refractivity contribution in [1.29, 1.82) is 0 Å². The van der Waals surface area contributed by atoms with Crippen molar-refractivity contribution >= 4 is 73.0 Å². The Morgan fingerprint density at radius 1 is 0.525 bits per heavy atom. The molecule has 0 spiro atoms. The van der Waals surface area contributed by atoms with Crippen LogP contribution in [0.25, 0.3) is 32.3 Å². The molecule has 27 nitrogen and oxygen atoms in total. The van der Waals surface area contributed by atoms with Gasteiger partial charge in [-0.05, 0) is 30.3 Å². The number of carboxylic acids is 1. The number of nitro groups is 3. The number of hydrogen-bond acceptors (Lipinski definition) is 17. The fourth-order valence-corrected chi connectivity index (χ4v) is 5.25. The smallest absolute Gasteiger partial charge is 0.353 e. The maximum Gasteiger partial charge on any atom is 0.353 e. The number of cyclic esters (lactones) is 2. The van der Waals surface area contributed by atoms with Gasteiger partial charge in [-0.1, -0.05) is 24.3 Å². The highest BCUT2D eigenvalue weighted by atomic mass is 16.6. The molecule has 1 aliphatic heterocycles. The molecule has 0 fully saturated rings. The summed E-state index contributed by atoms with van der Waals surface area (Å²) in [4.78, 5) is 128. The third kappa shape index (κ3) is 9.83. The zero-order valence-corrected chi connectivity index (χ0v) is 30.3. The number of nitrogens with zero attached hydrogens (tertiary/aromatic N) is 3. The quantitative estimate of drug-likeness (QED) is 0.0405. The Hall–Kier alpha value is -9.69. The molecule has 4 aromatic carbocycles. The fraction of sp³-hybridized carbons (Fsp3) is 0.0294. The first kappa shape index (κ1) is 44.0. The van der Waals surface area contributed by atoms with Gasteiger partial charge < -0.3 is 15.6 Å². The molecule has 4 heterocycles. The summed E-state index contributed by atoms with van der Waals surface area (Å²) in [5.41, 5.74) is 1.18. The zero-order valence-electron chi connectivity index (χ0n) is 30.3. The first-order valence-corrected chi connectivity index (χ1v) is 16.2. The zero-order chi connectivity index (χ0) is 45.3. The van der Waals surface area contributed by atoms with Gasteiger partial charge in [0.1, 0.15) is 10.8 Å². The number of nitrogens with two attached hydrogens (primary N) is 1. The van der Waals surface area contributed by atoms with E-state index in [0.717, 1.165) is 13.0 Å². The minimum atomic E-state index is -0.961. The molecule has 0 radical (unpaired) electrons. The highest BCUT2D eigenvalue weighted by molar-refractivity contribution is 6.16. The topological polar surface area (TPSA) is 433 Å². The summed E-state index contributed by atoms with van der Waals surface area (Å²) in [7, 11) is 0. The SMILES string of the molecule is CC(=O)O.Nc1cccc2c(=O)[nH][nH]c(=O)c12.O=C1OC(=O)c2c1cccc2[N+](=O)[O-].O=c1[nH][nH]c(=O)c2c([N+](=O)[O-])cccc12.O=c1[nH][nH]c(=O)c2c([N+](=O)[O-])cccc12. The van der Waals surface area contributed by atoms with Gasteiger partial charge in [-0.15, -0.1) is 0 Å². The lowest BCUT2D eigenvalue weighted by atomic mass is 10.1. The van der Waals surface area contributed by atoms with Gasteiger partial charge in [0.05, 0.1) is 41.9 Å². The number of rotatable bonds is 3. The summed E-state index contributed by atoms with van der Waals surface area (Å²) in [6, 6.07) is 16.3. The van der Waals surface area contributed by atoms with Crippen LogP contribution in [0.5, 0.6) is 0 Å². The number of benzene rings is 4. The number of non-ortho nitro benzene ring substituents is 2. The van der Waals surface area contributed by atoms with Gasteiger partial charge in [0, 0.05) is 30.8 Å². The number of nitrogens with one attached hydrogen (secondary N) is 6. The van der Waals surface area contributed by atoms with Crippen molar-refractivity contribution in [3.05, 3.63) is 176 Å². The third-order valence-electron chi connectivity index (χ3n) is 7.71. The standard InChI is InChI=1S/2C8H5N3O4.C8H7N3O2.C8H3NO5.C2H4O2/c2*12-7-4-2-1-3-5(11(14)15)6(4)8(13)10-9-7;9-5-3-1-2-4-6(5)8(13)11-10-7(4)12;10-7-4-2-1-3-5(9(12)13)6(4)8(11)14-7;1-2(3)4/h2*1-3H,(H,9,12)(H,10,13);1-3H,9H2,(H,10,12)(H,11,13);1-3H;1H3,(H,3,4). The van der Waals surface area contributed by atoms with E-state index >= 15 is 0 Å². The number of aromatic amines is 6. The van der Waals surface area contributed by atoms with Gasteiger partial charge in [0.15, 0.2) is 5.56 Å². The number of nitro benzene ring substituents is 3. The molecule has 8 rings (SSSR count). The van der Waals surface area contributed by atoms with Gasteiger partial charge in [-0.25, -0.2) is 9.59 Å². The highest BCUT2D eigenvalue weighted by Crippen LogP contribution is 2.28. The Morgan fingerprint density at radius 2 is 0.852 bits per heavy atom. The third-order valence-corrected chi connectivity index (χ3v) is 7.71. The van der Waals surface area contributed by atoms with E-state index in [4.69, 9.17) is 15.6 Å². The van der Waals surface area contributed by atoms with Crippen LogP contribution in [0, 0.1) is 30.3 Å². The van der Waals surface area contributed by atoms with Crippen LogP contribution in [0.3, 0.4) is 0 Å². The normalized spacial score (nSPS) is 10.9. The maximum atomic E-state index is 11.3. The summed E-state index contributed by atoms with van der Waals surface area (Å²) in [6.45, 7) is 1.08. The summed E-state index contributed by atoms with van der Waals surface area (Å²) >= 11 is 0. The summed E-state index contributed by atoms with van der Waals surface area (Å²) in [6.07, 6.45) is 0. The van der Waals surface area contributed by atoms with Crippen molar-refractivity contribution in [2.75, 3.05) is 5.73 Å². The van der Waals surface area contributed by atoms with Crippen molar-refractivity contribution in [3.8, 4) is 0 Å². The fourth-order valence-electron chi connectivity index (χ4n) is 5.25. The van der Waals surface area contributed by atoms with Crippen LogP contribution in [0.1, 0.15) is 27.6 Å². The molecule has 7 aromatic rings. The molecule has 0 aliphatic carbocycles. The van der Waals surface area contributed by atoms with Crippen molar-refractivity contribution < 1.29 is 39.0 Å². The molecular formula is C34H24N10O17. The van der Waals surface area contributed by atoms with E-state index in [9.17, 15) is 68.7 Å². The Labute approximate surface area is 331 Å². The van der Waals surface area contributed by atoms with Crippen LogP contribution in [-0.2, 0) is 9.53 Å². The number of fused-ring (bicyclic) bond motifs is 4. The molecule has 1 aliphatic rings. The predicted molar refractivity (Wildman–Crippen MR) is 209 cm³/mol. The number of aromatic nitrogens is 6. The molecule has 3 aromatic heterocycles. The Kier molecular flexibility index (Phi) is 13.4. The predicted octanol–water partition coefficient (Wildman–Crippen LogP) is 1.04. The second-order valence-electron chi connectivity index (χ2n) is 11.6. The molecule has 0 amide bonds.